The van der Waals surface area contributed by atoms with E-state index in [9.17, 15) is 0 Å². The molecule has 3 rings (SSSR count). The SMILES string of the molecule is CN=C(NCC1CCCOC1C(C)(C)C)N1CCC(N2CC=CC2)C1. The summed E-state index contributed by atoms with van der Waals surface area (Å²) < 4.78 is 6.12. The molecule has 2 saturated heterocycles. The number of nitrogens with one attached hydrogen (secondary N) is 1. The van der Waals surface area contributed by atoms with Crippen molar-refractivity contribution in [1.29, 1.82) is 0 Å². The molecule has 0 amide bonds. The summed E-state index contributed by atoms with van der Waals surface area (Å²) in [4.78, 5) is 9.56. The first kappa shape index (κ1) is 18.7. The highest BCUT2D eigenvalue weighted by molar-refractivity contribution is 5.80. The van der Waals surface area contributed by atoms with Crippen LogP contribution in [0.1, 0.15) is 40.0 Å². The third kappa shape index (κ3) is 4.56. The minimum atomic E-state index is 0.192. The molecule has 2 fully saturated rings. The van der Waals surface area contributed by atoms with E-state index in [2.05, 4.69) is 53.0 Å². The Bertz CT molecular complexity index is 488. The van der Waals surface area contributed by atoms with Gasteiger partial charge in [-0.25, -0.2) is 0 Å². The van der Waals surface area contributed by atoms with Crippen LogP contribution in [0.15, 0.2) is 17.1 Å². The molecule has 0 radical (unpaired) electrons. The van der Waals surface area contributed by atoms with Gasteiger partial charge in [0.05, 0.1) is 6.10 Å². The molecule has 3 unspecified atom stereocenters. The largest absolute Gasteiger partial charge is 0.377 e. The van der Waals surface area contributed by atoms with E-state index in [0.717, 1.165) is 45.3 Å². The minimum absolute atomic E-state index is 0.192. The van der Waals surface area contributed by atoms with Gasteiger partial charge in [0.2, 0.25) is 0 Å². The highest BCUT2D eigenvalue weighted by atomic mass is 16.5. The second-order valence-electron chi connectivity index (χ2n) is 8.80. The first-order valence-corrected chi connectivity index (χ1v) is 9.95. The van der Waals surface area contributed by atoms with E-state index in [1.165, 1.54) is 19.3 Å². The van der Waals surface area contributed by atoms with Gasteiger partial charge in [-0.2, -0.15) is 0 Å². The Kier molecular flexibility index (Phi) is 6.05. The Morgan fingerprint density at radius 3 is 2.68 bits per heavy atom. The van der Waals surface area contributed by atoms with Crippen molar-refractivity contribution in [3.63, 3.8) is 0 Å². The second-order valence-corrected chi connectivity index (χ2v) is 8.80. The molecule has 3 heterocycles. The Morgan fingerprint density at radius 2 is 2.00 bits per heavy atom. The van der Waals surface area contributed by atoms with Gasteiger partial charge < -0.3 is 15.0 Å². The average molecular weight is 349 g/mol. The first-order valence-electron chi connectivity index (χ1n) is 9.95. The lowest BCUT2D eigenvalue weighted by molar-refractivity contribution is -0.0836. The number of hydrogen-bond donors (Lipinski definition) is 1. The van der Waals surface area contributed by atoms with Crippen molar-refractivity contribution in [3.05, 3.63) is 12.2 Å². The Hall–Kier alpha value is -1.07. The maximum absolute atomic E-state index is 6.12. The third-order valence-corrected chi connectivity index (χ3v) is 5.86. The van der Waals surface area contributed by atoms with Crippen molar-refractivity contribution in [3.8, 4) is 0 Å². The van der Waals surface area contributed by atoms with E-state index < -0.39 is 0 Å². The number of nitrogens with zero attached hydrogens (tertiary/aromatic N) is 3. The van der Waals surface area contributed by atoms with E-state index in [1.54, 1.807) is 0 Å². The summed E-state index contributed by atoms with van der Waals surface area (Å²) in [5.74, 6) is 1.62. The van der Waals surface area contributed by atoms with Gasteiger partial charge in [0.15, 0.2) is 5.96 Å². The second kappa shape index (κ2) is 8.09. The quantitative estimate of drug-likeness (QED) is 0.483. The van der Waals surface area contributed by atoms with Crippen molar-refractivity contribution in [2.45, 2.75) is 52.2 Å². The molecule has 25 heavy (non-hydrogen) atoms. The molecule has 0 aromatic heterocycles. The molecular formula is C20H36N4O. The Labute approximate surface area is 153 Å². The molecule has 3 atom stereocenters. The Morgan fingerprint density at radius 1 is 1.24 bits per heavy atom. The van der Waals surface area contributed by atoms with Crippen molar-refractivity contribution < 1.29 is 4.74 Å². The monoisotopic (exact) mass is 348 g/mol. The van der Waals surface area contributed by atoms with E-state index >= 15 is 0 Å². The molecule has 0 aromatic rings. The van der Waals surface area contributed by atoms with Gasteiger partial charge in [-0.1, -0.05) is 32.9 Å². The molecule has 5 nitrogen and oxygen atoms in total. The lowest BCUT2D eigenvalue weighted by Crippen LogP contribution is -2.48. The summed E-state index contributed by atoms with van der Waals surface area (Å²) in [6.45, 7) is 13.1. The van der Waals surface area contributed by atoms with Crippen LogP contribution in [0.25, 0.3) is 0 Å². The maximum atomic E-state index is 6.12. The predicted octanol–water partition coefficient (Wildman–Crippen LogP) is 2.35. The molecule has 142 valence electrons. The Balaban J connectivity index is 1.52. The molecular weight excluding hydrogens is 312 g/mol. The fourth-order valence-corrected chi connectivity index (χ4v) is 4.59. The highest BCUT2D eigenvalue weighted by Crippen LogP contribution is 2.33. The van der Waals surface area contributed by atoms with Crippen molar-refractivity contribution in [2.75, 3.05) is 46.4 Å². The number of likely N-dealkylation sites (tertiary alicyclic amines) is 1. The van der Waals surface area contributed by atoms with Crippen LogP contribution in [0.2, 0.25) is 0 Å². The molecule has 5 heteroatoms. The lowest BCUT2D eigenvalue weighted by atomic mass is 9.78. The average Bonchev–Trinajstić information content (AvgIpc) is 3.26. The van der Waals surface area contributed by atoms with E-state index in [1.807, 2.05) is 7.05 Å². The van der Waals surface area contributed by atoms with Crippen LogP contribution in [0, 0.1) is 11.3 Å². The number of guanidine groups is 1. The summed E-state index contributed by atoms with van der Waals surface area (Å²) >= 11 is 0. The minimum Gasteiger partial charge on any atom is -0.377 e. The summed E-state index contributed by atoms with van der Waals surface area (Å²) in [6, 6.07) is 0.661. The summed E-state index contributed by atoms with van der Waals surface area (Å²) in [7, 11) is 1.91. The van der Waals surface area contributed by atoms with Crippen LogP contribution >= 0.6 is 0 Å². The van der Waals surface area contributed by atoms with E-state index in [-0.39, 0.29) is 5.41 Å². The van der Waals surface area contributed by atoms with Crippen LogP contribution in [-0.4, -0.2) is 74.3 Å². The number of rotatable bonds is 3. The molecule has 0 spiro atoms. The molecule has 0 saturated carbocycles. The first-order chi connectivity index (χ1) is 12.0. The molecule has 0 bridgehead atoms. The maximum Gasteiger partial charge on any atom is 0.193 e. The summed E-state index contributed by atoms with van der Waals surface area (Å²) in [5.41, 5.74) is 0.192. The normalized spacial score (nSPS) is 31.8. The van der Waals surface area contributed by atoms with Crippen molar-refractivity contribution in [2.24, 2.45) is 16.3 Å². The zero-order chi connectivity index (χ0) is 17.9. The lowest BCUT2D eigenvalue weighted by Gasteiger charge is -2.40. The topological polar surface area (TPSA) is 40.1 Å². The standard InChI is InChI=1S/C20H36N4O/c1-20(2,3)18-16(8-7-13-25-18)14-22-19(21-4)24-12-9-17(15-24)23-10-5-6-11-23/h5-6,16-18H,7-15H2,1-4H3,(H,21,22). The summed E-state index contributed by atoms with van der Waals surface area (Å²) in [6.07, 6.45) is 8.55. The molecule has 3 aliphatic rings. The van der Waals surface area contributed by atoms with Gasteiger partial charge in [0, 0.05) is 58.3 Å². The summed E-state index contributed by atoms with van der Waals surface area (Å²) in [5, 5.41) is 3.66. The fourth-order valence-electron chi connectivity index (χ4n) is 4.59. The van der Waals surface area contributed by atoms with Gasteiger partial charge in [-0.15, -0.1) is 0 Å². The van der Waals surface area contributed by atoms with Crippen LogP contribution in [0.3, 0.4) is 0 Å². The van der Waals surface area contributed by atoms with Crippen LogP contribution in [-0.2, 0) is 4.74 Å². The number of aliphatic imine (C=N–C) groups is 1. The highest BCUT2D eigenvalue weighted by Gasteiger charge is 2.36. The van der Waals surface area contributed by atoms with Gasteiger partial charge in [0.1, 0.15) is 0 Å². The molecule has 3 aliphatic heterocycles. The number of ether oxygens (including phenoxy) is 1. The van der Waals surface area contributed by atoms with Crippen molar-refractivity contribution in [1.82, 2.24) is 15.1 Å². The smallest absolute Gasteiger partial charge is 0.193 e. The third-order valence-electron chi connectivity index (χ3n) is 5.86. The van der Waals surface area contributed by atoms with E-state index in [4.69, 9.17) is 4.74 Å². The predicted molar refractivity (Wildman–Crippen MR) is 104 cm³/mol. The van der Waals surface area contributed by atoms with Crippen molar-refractivity contribution >= 4 is 5.96 Å². The number of hydrogen-bond acceptors (Lipinski definition) is 3. The van der Waals surface area contributed by atoms with Crippen LogP contribution in [0.4, 0.5) is 0 Å². The van der Waals surface area contributed by atoms with Crippen LogP contribution in [0.5, 0.6) is 0 Å². The van der Waals surface area contributed by atoms with E-state index in [0.29, 0.717) is 18.1 Å². The zero-order valence-electron chi connectivity index (χ0n) is 16.5. The van der Waals surface area contributed by atoms with Gasteiger partial charge in [-0.3, -0.25) is 9.89 Å². The van der Waals surface area contributed by atoms with Gasteiger partial charge >= 0.3 is 0 Å². The molecule has 1 N–H and O–H groups in total. The van der Waals surface area contributed by atoms with Gasteiger partial charge in [-0.05, 0) is 24.7 Å². The molecule has 0 aliphatic carbocycles. The van der Waals surface area contributed by atoms with Gasteiger partial charge in [0.25, 0.3) is 0 Å². The molecule has 0 aromatic carbocycles. The zero-order valence-corrected chi connectivity index (χ0v) is 16.5. The fraction of sp³-hybridized carbons (Fsp3) is 0.850. The van der Waals surface area contributed by atoms with Crippen LogP contribution < -0.4 is 5.32 Å².